The van der Waals surface area contributed by atoms with E-state index in [1.165, 1.54) is 37.3 Å². The van der Waals surface area contributed by atoms with Crippen molar-refractivity contribution in [3.63, 3.8) is 0 Å². The smallest absolute Gasteiger partial charge is 0.264 e. The van der Waals surface area contributed by atoms with Crippen LogP contribution >= 0.6 is 11.6 Å². The Morgan fingerprint density at radius 3 is 2.17 bits per heavy atom. The molecule has 0 aliphatic carbocycles. The number of rotatable bonds is 14. The second-order valence-electron chi connectivity index (χ2n) is 9.75. The first-order valence-electron chi connectivity index (χ1n) is 13.7. The Morgan fingerprint density at radius 1 is 0.929 bits per heavy atom. The van der Waals surface area contributed by atoms with Crippen LogP contribution in [0.2, 0.25) is 5.02 Å². The fourth-order valence-electron chi connectivity index (χ4n) is 4.37. The number of amides is 2. The first-order valence-corrected chi connectivity index (χ1v) is 15.5. The number of methoxy groups -OCH3 is 2. The van der Waals surface area contributed by atoms with Gasteiger partial charge in [-0.25, -0.2) is 8.42 Å². The van der Waals surface area contributed by atoms with E-state index in [1.54, 1.807) is 54.6 Å². The molecule has 42 heavy (non-hydrogen) atoms. The number of halogens is 1. The van der Waals surface area contributed by atoms with Gasteiger partial charge in [0.25, 0.3) is 10.0 Å². The van der Waals surface area contributed by atoms with Crippen molar-refractivity contribution in [2.75, 3.05) is 25.1 Å². The summed E-state index contributed by atoms with van der Waals surface area (Å²) >= 11 is 6.08. The second kappa shape index (κ2) is 14.9. The van der Waals surface area contributed by atoms with Crippen molar-refractivity contribution < 1.29 is 27.5 Å². The summed E-state index contributed by atoms with van der Waals surface area (Å²) in [6.07, 6.45) is 1.03. The third-order valence-electron chi connectivity index (χ3n) is 6.92. The Hall–Kier alpha value is -3.76. The molecule has 0 aliphatic heterocycles. The van der Waals surface area contributed by atoms with Gasteiger partial charge in [0.1, 0.15) is 24.1 Å². The Morgan fingerprint density at radius 2 is 1.60 bits per heavy atom. The molecule has 2 amide bonds. The highest BCUT2D eigenvalue weighted by Gasteiger charge is 2.35. The Bertz CT molecular complexity index is 1450. The molecule has 0 unspecified atom stereocenters. The van der Waals surface area contributed by atoms with E-state index in [-0.39, 0.29) is 34.8 Å². The zero-order valence-corrected chi connectivity index (χ0v) is 26.1. The predicted octanol–water partition coefficient (Wildman–Crippen LogP) is 5.27. The van der Waals surface area contributed by atoms with Gasteiger partial charge in [0.2, 0.25) is 11.8 Å². The van der Waals surface area contributed by atoms with Gasteiger partial charge < -0.3 is 19.7 Å². The number of carbonyl (C=O) groups is 2. The number of anilines is 1. The number of benzene rings is 3. The quantitative estimate of drug-likeness (QED) is 0.265. The monoisotopic (exact) mass is 615 g/mol. The van der Waals surface area contributed by atoms with Crippen molar-refractivity contribution in [3.8, 4) is 11.5 Å². The largest absolute Gasteiger partial charge is 0.497 e. The zero-order valence-electron chi connectivity index (χ0n) is 24.5. The van der Waals surface area contributed by atoms with E-state index < -0.39 is 28.5 Å². The van der Waals surface area contributed by atoms with E-state index >= 15 is 0 Å². The summed E-state index contributed by atoms with van der Waals surface area (Å²) in [5.74, 6) is -0.274. The SMILES string of the molecule is CC[C@H](C(=O)N[C@@H](C)CC)N(Cc1ccc(Cl)cc1)C(=O)CN(c1cc(OC)ccc1OC)S(=O)(=O)c1ccccc1. The van der Waals surface area contributed by atoms with Gasteiger partial charge >= 0.3 is 0 Å². The maximum atomic E-state index is 14.2. The maximum Gasteiger partial charge on any atom is 0.264 e. The van der Waals surface area contributed by atoms with Crippen LogP contribution in [0.1, 0.15) is 39.2 Å². The molecule has 0 aromatic heterocycles. The van der Waals surface area contributed by atoms with Gasteiger partial charge in [-0.2, -0.15) is 0 Å². The van der Waals surface area contributed by atoms with Crippen LogP contribution in [0.4, 0.5) is 5.69 Å². The van der Waals surface area contributed by atoms with E-state index in [4.69, 9.17) is 21.1 Å². The molecule has 0 heterocycles. The van der Waals surface area contributed by atoms with Gasteiger partial charge in [0.15, 0.2) is 0 Å². The summed E-state index contributed by atoms with van der Waals surface area (Å²) in [6, 6.07) is 18.5. The molecule has 3 aromatic carbocycles. The summed E-state index contributed by atoms with van der Waals surface area (Å²) in [5, 5.41) is 3.49. The minimum Gasteiger partial charge on any atom is -0.497 e. The molecule has 9 nitrogen and oxygen atoms in total. The third kappa shape index (κ3) is 7.95. The summed E-state index contributed by atoms with van der Waals surface area (Å²) in [7, 11) is -1.39. The number of sulfonamides is 1. The van der Waals surface area contributed by atoms with E-state index in [1.807, 2.05) is 20.8 Å². The summed E-state index contributed by atoms with van der Waals surface area (Å²) in [6.45, 7) is 5.13. The average molecular weight is 616 g/mol. The molecule has 1 N–H and O–H groups in total. The minimum absolute atomic E-state index is 0.00604. The standard InChI is InChI=1S/C31H38ClN3O6S/c1-6-22(3)33-31(37)27(7-2)34(20-23-13-15-24(32)16-14-23)30(36)21-35(42(38,39)26-11-9-8-10-12-26)28-19-25(40-4)17-18-29(28)41-5/h8-19,22,27H,6-7,20-21H2,1-5H3,(H,33,37)/t22-,27+/m0/s1. The van der Waals surface area contributed by atoms with E-state index in [9.17, 15) is 18.0 Å². The van der Waals surface area contributed by atoms with Crippen molar-refractivity contribution in [2.24, 2.45) is 0 Å². The van der Waals surface area contributed by atoms with Crippen LogP contribution in [0, 0.1) is 0 Å². The molecule has 2 atom stereocenters. The molecule has 0 bridgehead atoms. The number of nitrogens with zero attached hydrogens (tertiary/aromatic N) is 2. The van der Waals surface area contributed by atoms with Crippen LogP contribution in [0.25, 0.3) is 0 Å². The van der Waals surface area contributed by atoms with E-state index in [0.29, 0.717) is 23.6 Å². The van der Waals surface area contributed by atoms with Crippen LogP contribution in [0.3, 0.4) is 0 Å². The normalized spacial score (nSPS) is 12.6. The second-order valence-corrected chi connectivity index (χ2v) is 12.1. The Balaban J connectivity index is 2.13. The molecular formula is C31H38ClN3O6S. The lowest BCUT2D eigenvalue weighted by Crippen LogP contribution is -2.53. The molecule has 0 spiro atoms. The molecular weight excluding hydrogens is 578 g/mol. The molecule has 0 fully saturated rings. The lowest BCUT2D eigenvalue weighted by atomic mass is 10.1. The molecule has 0 saturated carbocycles. The van der Waals surface area contributed by atoms with Crippen LogP contribution < -0.4 is 19.1 Å². The van der Waals surface area contributed by atoms with Crippen LogP contribution in [-0.4, -0.2) is 58.0 Å². The van der Waals surface area contributed by atoms with Crippen LogP contribution in [-0.2, 0) is 26.2 Å². The molecule has 226 valence electrons. The lowest BCUT2D eigenvalue weighted by Gasteiger charge is -2.34. The van der Waals surface area contributed by atoms with Gasteiger partial charge in [-0.1, -0.05) is 55.8 Å². The van der Waals surface area contributed by atoms with E-state index in [2.05, 4.69) is 5.32 Å². The van der Waals surface area contributed by atoms with Crippen molar-refractivity contribution in [2.45, 2.75) is 57.1 Å². The van der Waals surface area contributed by atoms with Crippen LogP contribution in [0.5, 0.6) is 11.5 Å². The maximum absolute atomic E-state index is 14.2. The number of nitrogens with one attached hydrogen (secondary N) is 1. The number of hydrogen-bond acceptors (Lipinski definition) is 6. The molecule has 11 heteroatoms. The highest BCUT2D eigenvalue weighted by atomic mass is 35.5. The van der Waals surface area contributed by atoms with Gasteiger partial charge in [0, 0.05) is 23.7 Å². The number of hydrogen-bond donors (Lipinski definition) is 1. The topological polar surface area (TPSA) is 105 Å². The summed E-state index contributed by atoms with van der Waals surface area (Å²) in [4.78, 5) is 29.0. The van der Waals surface area contributed by atoms with Gasteiger partial charge in [-0.05, 0) is 61.7 Å². The predicted molar refractivity (Wildman–Crippen MR) is 164 cm³/mol. The number of carbonyl (C=O) groups excluding carboxylic acids is 2. The van der Waals surface area contributed by atoms with Crippen molar-refractivity contribution in [1.29, 1.82) is 0 Å². The van der Waals surface area contributed by atoms with Gasteiger partial charge in [-0.15, -0.1) is 0 Å². The summed E-state index contributed by atoms with van der Waals surface area (Å²) < 4.78 is 40.0. The molecule has 3 rings (SSSR count). The lowest BCUT2D eigenvalue weighted by molar-refractivity contribution is -0.140. The van der Waals surface area contributed by atoms with Crippen molar-refractivity contribution in [1.82, 2.24) is 10.2 Å². The average Bonchev–Trinajstić information content (AvgIpc) is 3.00. The number of ether oxygens (including phenoxy) is 2. The van der Waals surface area contributed by atoms with E-state index in [0.717, 1.165) is 9.87 Å². The highest BCUT2D eigenvalue weighted by Crippen LogP contribution is 2.36. The highest BCUT2D eigenvalue weighted by molar-refractivity contribution is 7.92. The molecule has 0 saturated heterocycles. The molecule has 0 aliphatic rings. The fourth-order valence-corrected chi connectivity index (χ4v) is 5.94. The minimum atomic E-state index is -4.26. The fraction of sp³-hybridized carbons (Fsp3) is 0.355. The summed E-state index contributed by atoms with van der Waals surface area (Å²) in [5.41, 5.74) is 0.858. The van der Waals surface area contributed by atoms with Gasteiger partial charge in [-0.3, -0.25) is 13.9 Å². The van der Waals surface area contributed by atoms with Crippen LogP contribution in [0.15, 0.2) is 77.7 Å². The Labute approximate surface area is 253 Å². The molecule has 0 radical (unpaired) electrons. The van der Waals surface area contributed by atoms with Gasteiger partial charge in [0.05, 0.1) is 24.8 Å². The molecule has 3 aromatic rings. The first-order chi connectivity index (χ1) is 20.0. The Kier molecular flexibility index (Phi) is 11.6. The first kappa shape index (κ1) is 32.8. The zero-order chi connectivity index (χ0) is 30.9. The third-order valence-corrected chi connectivity index (χ3v) is 8.94. The van der Waals surface area contributed by atoms with Crippen molar-refractivity contribution >= 4 is 39.1 Å². The van der Waals surface area contributed by atoms with Crippen molar-refractivity contribution in [3.05, 3.63) is 83.4 Å².